The molecular formula is C19H18FN3O2. The number of rotatable bonds is 6. The third-order valence-corrected chi connectivity index (χ3v) is 3.90. The second kappa shape index (κ2) is 7.70. The van der Waals surface area contributed by atoms with E-state index < -0.39 is 0 Å². The van der Waals surface area contributed by atoms with Crippen molar-refractivity contribution in [3.05, 3.63) is 76.1 Å². The Morgan fingerprint density at radius 1 is 1.08 bits per heavy atom. The number of nitrogens with zero attached hydrogens (tertiary/aromatic N) is 1. The van der Waals surface area contributed by atoms with E-state index in [9.17, 15) is 14.0 Å². The zero-order valence-corrected chi connectivity index (χ0v) is 13.6. The number of para-hydroxylation sites is 1. The van der Waals surface area contributed by atoms with Crippen LogP contribution < -0.4 is 10.9 Å². The molecule has 0 spiro atoms. The monoisotopic (exact) mass is 339 g/mol. The number of benzene rings is 2. The fourth-order valence-electron chi connectivity index (χ4n) is 2.57. The third-order valence-electron chi connectivity index (χ3n) is 3.90. The van der Waals surface area contributed by atoms with Crippen LogP contribution in [0.25, 0.3) is 10.9 Å². The fourth-order valence-corrected chi connectivity index (χ4v) is 2.57. The Morgan fingerprint density at radius 3 is 2.64 bits per heavy atom. The molecule has 1 aromatic heterocycles. The lowest BCUT2D eigenvalue weighted by molar-refractivity contribution is -0.121. The molecule has 0 aliphatic heterocycles. The summed E-state index contributed by atoms with van der Waals surface area (Å²) in [7, 11) is 0. The van der Waals surface area contributed by atoms with Gasteiger partial charge >= 0.3 is 0 Å². The predicted molar refractivity (Wildman–Crippen MR) is 93.8 cm³/mol. The number of aromatic nitrogens is 2. The van der Waals surface area contributed by atoms with E-state index in [0.717, 1.165) is 5.56 Å². The van der Waals surface area contributed by atoms with E-state index in [-0.39, 0.29) is 17.3 Å². The molecule has 0 bridgehead atoms. The second-order valence-electron chi connectivity index (χ2n) is 5.76. The minimum atomic E-state index is -0.287. The summed E-state index contributed by atoms with van der Waals surface area (Å²) in [6.07, 6.45) is 1.33. The summed E-state index contributed by atoms with van der Waals surface area (Å²) in [6.45, 7) is 0.392. The topological polar surface area (TPSA) is 74.8 Å². The lowest BCUT2D eigenvalue weighted by Gasteiger charge is -2.06. The number of aromatic amines is 1. The number of carbonyl (C=O) groups excluding carboxylic acids is 1. The van der Waals surface area contributed by atoms with Crippen LogP contribution in [0.2, 0.25) is 0 Å². The van der Waals surface area contributed by atoms with E-state index in [4.69, 9.17) is 0 Å². The molecule has 1 heterocycles. The summed E-state index contributed by atoms with van der Waals surface area (Å²) >= 11 is 0. The van der Waals surface area contributed by atoms with Crippen LogP contribution in [0.4, 0.5) is 4.39 Å². The Bertz CT molecular complexity index is 935. The highest BCUT2D eigenvalue weighted by molar-refractivity contribution is 5.77. The number of halogens is 1. The van der Waals surface area contributed by atoms with Crippen LogP contribution in [0.1, 0.15) is 17.8 Å². The summed E-state index contributed by atoms with van der Waals surface area (Å²) in [5.74, 6) is 0.167. The van der Waals surface area contributed by atoms with Gasteiger partial charge in [0.1, 0.15) is 11.6 Å². The van der Waals surface area contributed by atoms with Crippen LogP contribution in [0.15, 0.2) is 53.3 Å². The van der Waals surface area contributed by atoms with E-state index in [1.54, 1.807) is 30.3 Å². The van der Waals surface area contributed by atoms with Gasteiger partial charge in [0, 0.05) is 19.4 Å². The van der Waals surface area contributed by atoms with E-state index in [2.05, 4.69) is 15.3 Å². The van der Waals surface area contributed by atoms with Crippen molar-refractivity contribution in [2.45, 2.75) is 19.3 Å². The molecular weight excluding hydrogens is 321 g/mol. The van der Waals surface area contributed by atoms with Gasteiger partial charge in [-0.05, 0) is 36.2 Å². The SMILES string of the molecule is O=C(CCc1ccc(F)cc1)NCCc1nc2ccccc2c(=O)[nH]1. The predicted octanol–water partition coefficient (Wildman–Crippen LogP) is 2.35. The normalized spacial score (nSPS) is 10.8. The zero-order chi connectivity index (χ0) is 17.6. The van der Waals surface area contributed by atoms with Crippen LogP contribution in [-0.4, -0.2) is 22.4 Å². The van der Waals surface area contributed by atoms with Gasteiger partial charge in [-0.25, -0.2) is 9.37 Å². The van der Waals surface area contributed by atoms with Crippen LogP contribution in [0.3, 0.4) is 0 Å². The minimum absolute atomic E-state index is 0.0903. The molecule has 0 aliphatic carbocycles. The molecule has 0 aliphatic rings. The number of fused-ring (bicyclic) bond motifs is 1. The van der Waals surface area contributed by atoms with Gasteiger partial charge in [0.2, 0.25) is 5.91 Å². The van der Waals surface area contributed by atoms with E-state index in [0.29, 0.717) is 42.5 Å². The first-order valence-corrected chi connectivity index (χ1v) is 8.11. The molecule has 2 aromatic carbocycles. The maximum atomic E-state index is 12.8. The first-order chi connectivity index (χ1) is 12.1. The number of hydrogen-bond acceptors (Lipinski definition) is 3. The third kappa shape index (κ3) is 4.50. The Labute approximate surface area is 143 Å². The number of H-pyrrole nitrogens is 1. The van der Waals surface area contributed by atoms with Crippen molar-refractivity contribution >= 4 is 16.8 Å². The van der Waals surface area contributed by atoms with Crippen molar-refractivity contribution in [2.24, 2.45) is 0 Å². The molecule has 6 heteroatoms. The van der Waals surface area contributed by atoms with Crippen LogP contribution >= 0.6 is 0 Å². The van der Waals surface area contributed by atoms with Gasteiger partial charge in [-0.2, -0.15) is 0 Å². The first kappa shape index (κ1) is 16.8. The van der Waals surface area contributed by atoms with Gasteiger partial charge in [0.15, 0.2) is 0 Å². The molecule has 5 nitrogen and oxygen atoms in total. The van der Waals surface area contributed by atoms with E-state index in [1.807, 2.05) is 6.07 Å². The number of aryl methyl sites for hydroxylation is 1. The van der Waals surface area contributed by atoms with Gasteiger partial charge in [-0.3, -0.25) is 9.59 Å². The Balaban J connectivity index is 1.50. The summed E-state index contributed by atoms with van der Waals surface area (Å²) in [6, 6.07) is 13.2. The average Bonchev–Trinajstić information content (AvgIpc) is 2.61. The number of carbonyl (C=O) groups is 1. The summed E-state index contributed by atoms with van der Waals surface area (Å²) in [5.41, 5.74) is 1.38. The van der Waals surface area contributed by atoms with Gasteiger partial charge in [0.25, 0.3) is 5.56 Å². The quantitative estimate of drug-likeness (QED) is 0.724. The van der Waals surface area contributed by atoms with Gasteiger partial charge < -0.3 is 10.3 Å². The van der Waals surface area contributed by atoms with Crippen molar-refractivity contribution in [3.8, 4) is 0 Å². The van der Waals surface area contributed by atoms with Crippen molar-refractivity contribution < 1.29 is 9.18 Å². The van der Waals surface area contributed by atoms with Gasteiger partial charge in [0.05, 0.1) is 10.9 Å². The minimum Gasteiger partial charge on any atom is -0.356 e. The molecule has 3 rings (SSSR count). The van der Waals surface area contributed by atoms with Gasteiger partial charge in [-0.1, -0.05) is 24.3 Å². The lowest BCUT2D eigenvalue weighted by atomic mass is 10.1. The highest BCUT2D eigenvalue weighted by atomic mass is 19.1. The zero-order valence-electron chi connectivity index (χ0n) is 13.6. The van der Waals surface area contributed by atoms with Crippen molar-refractivity contribution in [1.82, 2.24) is 15.3 Å². The summed E-state index contributed by atoms with van der Waals surface area (Å²) < 4.78 is 12.8. The van der Waals surface area contributed by atoms with Crippen molar-refractivity contribution in [3.63, 3.8) is 0 Å². The number of hydrogen-bond donors (Lipinski definition) is 2. The standard InChI is InChI=1S/C19H18FN3O2/c20-14-8-5-13(6-9-14)7-10-18(24)21-12-11-17-22-16-4-2-1-3-15(16)19(25)23-17/h1-6,8-9H,7,10-12H2,(H,21,24)(H,22,23,25). The first-order valence-electron chi connectivity index (χ1n) is 8.11. The number of nitrogens with one attached hydrogen (secondary N) is 2. The molecule has 2 N–H and O–H groups in total. The van der Waals surface area contributed by atoms with Gasteiger partial charge in [-0.15, -0.1) is 0 Å². The maximum absolute atomic E-state index is 12.8. The molecule has 25 heavy (non-hydrogen) atoms. The molecule has 128 valence electrons. The average molecular weight is 339 g/mol. The Hall–Kier alpha value is -3.02. The van der Waals surface area contributed by atoms with Crippen LogP contribution in [-0.2, 0) is 17.6 Å². The Morgan fingerprint density at radius 2 is 1.84 bits per heavy atom. The second-order valence-corrected chi connectivity index (χ2v) is 5.76. The van der Waals surface area contributed by atoms with Crippen molar-refractivity contribution in [1.29, 1.82) is 0 Å². The largest absolute Gasteiger partial charge is 0.356 e. The van der Waals surface area contributed by atoms with Crippen LogP contribution in [0, 0.1) is 5.82 Å². The molecule has 1 amide bonds. The highest BCUT2D eigenvalue weighted by Gasteiger charge is 2.05. The summed E-state index contributed by atoms with van der Waals surface area (Å²) in [5, 5.41) is 3.36. The smallest absolute Gasteiger partial charge is 0.258 e. The number of amides is 1. The molecule has 0 unspecified atom stereocenters. The molecule has 0 fully saturated rings. The van der Waals surface area contributed by atoms with Crippen LogP contribution in [0.5, 0.6) is 0 Å². The fraction of sp³-hybridized carbons (Fsp3) is 0.211. The molecule has 0 radical (unpaired) electrons. The summed E-state index contributed by atoms with van der Waals surface area (Å²) in [4.78, 5) is 31.0. The molecule has 0 saturated carbocycles. The molecule has 3 aromatic rings. The Kier molecular flexibility index (Phi) is 5.18. The lowest BCUT2D eigenvalue weighted by Crippen LogP contribution is -2.27. The maximum Gasteiger partial charge on any atom is 0.258 e. The molecule has 0 atom stereocenters. The highest BCUT2D eigenvalue weighted by Crippen LogP contribution is 2.06. The molecule has 0 saturated heterocycles. The van der Waals surface area contributed by atoms with E-state index in [1.165, 1.54) is 12.1 Å². The van der Waals surface area contributed by atoms with E-state index >= 15 is 0 Å². The van der Waals surface area contributed by atoms with Crippen molar-refractivity contribution in [2.75, 3.05) is 6.54 Å².